The Labute approximate surface area is 235 Å². The van der Waals surface area contributed by atoms with Crippen LogP contribution in [0, 0.1) is 0 Å². The molecule has 222 valence electrons. The highest BCUT2D eigenvalue weighted by Gasteiger charge is 2.36. The number of nitrogens with zero attached hydrogens (tertiary/aromatic N) is 4. The lowest BCUT2D eigenvalue weighted by molar-refractivity contribution is -0.137. The maximum Gasteiger partial charge on any atom is 0.416 e. The molecule has 0 unspecified atom stereocenters. The van der Waals surface area contributed by atoms with Crippen LogP contribution in [0.2, 0.25) is 0 Å². The van der Waals surface area contributed by atoms with E-state index in [-0.39, 0.29) is 53.2 Å². The zero-order chi connectivity index (χ0) is 29.8. The van der Waals surface area contributed by atoms with Crippen LogP contribution in [-0.2, 0) is 27.3 Å². The number of ether oxygens (including phenoxy) is 2. The molecule has 0 radical (unpaired) electrons. The molecule has 0 bridgehead atoms. The SMILES string of the molecule is CCS(=O)(=O)c1cnc(CNC(=O)c2cnc(N3C[C@@H](Oc4ccc(C(F)(F)F)cc4)C[C@H]3COC(F)F)s2)nc1. The number of carbonyl (C=O) groups excluding carboxylic acids is 1. The van der Waals surface area contributed by atoms with Gasteiger partial charge in [-0.3, -0.25) is 4.79 Å². The molecule has 17 heteroatoms. The molecule has 2 aromatic heterocycles. The number of benzene rings is 1. The Balaban J connectivity index is 1.40. The first kappa shape index (κ1) is 30.5. The maximum atomic E-state index is 12.8. The molecule has 41 heavy (non-hydrogen) atoms. The molecule has 4 rings (SSSR count). The van der Waals surface area contributed by atoms with Crippen LogP contribution < -0.4 is 15.0 Å². The Kier molecular flexibility index (Phi) is 9.38. The number of amides is 1. The van der Waals surface area contributed by atoms with Gasteiger partial charge in [-0.05, 0) is 24.3 Å². The minimum atomic E-state index is -4.50. The third-order valence-corrected chi connectivity index (χ3v) is 8.79. The van der Waals surface area contributed by atoms with Crippen LogP contribution in [0.1, 0.15) is 34.4 Å². The van der Waals surface area contributed by atoms with Crippen molar-refractivity contribution in [2.45, 2.75) is 49.7 Å². The lowest BCUT2D eigenvalue weighted by Crippen LogP contribution is -2.34. The molecule has 1 aliphatic rings. The van der Waals surface area contributed by atoms with E-state index in [4.69, 9.17) is 4.74 Å². The fourth-order valence-electron chi connectivity index (χ4n) is 3.96. The van der Waals surface area contributed by atoms with E-state index in [0.29, 0.717) is 5.13 Å². The summed E-state index contributed by atoms with van der Waals surface area (Å²) in [7, 11) is -3.46. The van der Waals surface area contributed by atoms with Crippen molar-refractivity contribution >= 4 is 32.2 Å². The molecule has 1 aromatic carbocycles. The molecule has 10 nitrogen and oxygen atoms in total. The molecule has 1 saturated heterocycles. The third-order valence-electron chi connectivity index (χ3n) is 6.07. The van der Waals surface area contributed by atoms with Crippen LogP contribution in [0.5, 0.6) is 5.75 Å². The van der Waals surface area contributed by atoms with E-state index in [0.717, 1.165) is 35.9 Å². The number of carbonyl (C=O) groups is 1. The van der Waals surface area contributed by atoms with Gasteiger partial charge in [0.05, 0.1) is 43.3 Å². The van der Waals surface area contributed by atoms with Gasteiger partial charge in [0.1, 0.15) is 27.5 Å². The molecule has 2 atom stereocenters. The van der Waals surface area contributed by atoms with Gasteiger partial charge in [0.2, 0.25) is 0 Å². The van der Waals surface area contributed by atoms with E-state index in [1.165, 1.54) is 25.3 Å². The van der Waals surface area contributed by atoms with Gasteiger partial charge in [0.25, 0.3) is 5.91 Å². The first-order chi connectivity index (χ1) is 19.4. The molecular weight excluding hydrogens is 597 g/mol. The van der Waals surface area contributed by atoms with Crippen molar-refractivity contribution < 1.29 is 44.6 Å². The zero-order valence-electron chi connectivity index (χ0n) is 21.3. The number of aromatic nitrogens is 3. The van der Waals surface area contributed by atoms with Crippen LogP contribution in [-0.4, -0.2) is 66.9 Å². The van der Waals surface area contributed by atoms with Crippen molar-refractivity contribution in [1.82, 2.24) is 20.3 Å². The topological polar surface area (TPSA) is 124 Å². The number of nitrogens with one attached hydrogen (secondary N) is 1. The Morgan fingerprint density at radius 2 is 1.83 bits per heavy atom. The highest BCUT2D eigenvalue weighted by Crippen LogP contribution is 2.34. The summed E-state index contributed by atoms with van der Waals surface area (Å²) in [5.41, 5.74) is -0.831. The number of anilines is 1. The van der Waals surface area contributed by atoms with Gasteiger partial charge in [-0.25, -0.2) is 23.4 Å². The monoisotopic (exact) mass is 621 g/mol. The number of halogens is 5. The number of hydrogen-bond donors (Lipinski definition) is 1. The molecule has 0 aliphatic carbocycles. The summed E-state index contributed by atoms with van der Waals surface area (Å²) in [6, 6.07) is 3.54. The van der Waals surface area contributed by atoms with E-state index < -0.39 is 46.2 Å². The minimum absolute atomic E-state index is 0.0289. The number of sulfone groups is 1. The summed E-state index contributed by atoms with van der Waals surface area (Å²) in [5.74, 6) is -0.251. The van der Waals surface area contributed by atoms with Gasteiger partial charge < -0.3 is 19.7 Å². The molecule has 1 fully saturated rings. The van der Waals surface area contributed by atoms with E-state index in [1.807, 2.05) is 0 Å². The first-order valence-electron chi connectivity index (χ1n) is 12.1. The Bertz CT molecular complexity index is 1440. The molecule has 0 spiro atoms. The first-order valence-corrected chi connectivity index (χ1v) is 14.6. The van der Waals surface area contributed by atoms with Crippen molar-refractivity contribution in [1.29, 1.82) is 0 Å². The lowest BCUT2D eigenvalue weighted by Gasteiger charge is -2.23. The number of alkyl halides is 5. The standard InChI is InChI=1S/C24H24F5N5O5S2/c1-2-41(36,37)18-8-30-20(31-9-18)11-32-21(35)19-10-33-23(40-19)34-12-17(7-15(34)13-38-22(25)26)39-16-5-3-14(4-6-16)24(27,28)29/h3-6,8-10,15,17,22H,2,7,11-13H2,1H3,(H,32,35)/t15-,17-/m0/s1. The number of rotatable bonds is 11. The number of thiazole rings is 1. The molecule has 3 aromatic rings. The highest BCUT2D eigenvalue weighted by atomic mass is 32.2. The molecule has 1 N–H and O–H groups in total. The van der Waals surface area contributed by atoms with E-state index in [1.54, 1.807) is 4.90 Å². The van der Waals surface area contributed by atoms with Crippen molar-refractivity contribution in [3.8, 4) is 5.75 Å². The van der Waals surface area contributed by atoms with Crippen LogP contribution in [0.25, 0.3) is 0 Å². The fraction of sp³-hybridized carbons (Fsp3) is 0.417. The van der Waals surface area contributed by atoms with Crippen LogP contribution in [0.3, 0.4) is 0 Å². The van der Waals surface area contributed by atoms with Crippen molar-refractivity contribution in [3.05, 3.63) is 59.1 Å². The lowest BCUT2D eigenvalue weighted by atomic mass is 10.2. The second-order valence-corrected chi connectivity index (χ2v) is 12.1. The van der Waals surface area contributed by atoms with Crippen molar-refractivity contribution in [2.75, 3.05) is 23.8 Å². The summed E-state index contributed by atoms with van der Waals surface area (Å²) in [6.07, 6.45) is -1.22. The van der Waals surface area contributed by atoms with E-state index in [2.05, 4.69) is 25.0 Å². The maximum absolute atomic E-state index is 12.8. The molecule has 0 saturated carbocycles. The van der Waals surface area contributed by atoms with Crippen LogP contribution in [0.4, 0.5) is 27.1 Å². The van der Waals surface area contributed by atoms with Crippen molar-refractivity contribution in [3.63, 3.8) is 0 Å². The smallest absolute Gasteiger partial charge is 0.416 e. The van der Waals surface area contributed by atoms with Gasteiger partial charge in [0.15, 0.2) is 15.0 Å². The Hall–Kier alpha value is -3.44. The van der Waals surface area contributed by atoms with E-state index in [9.17, 15) is 35.2 Å². The summed E-state index contributed by atoms with van der Waals surface area (Å²) in [6.45, 7) is -1.81. The van der Waals surface area contributed by atoms with Gasteiger partial charge in [0, 0.05) is 18.8 Å². The normalized spacial score (nSPS) is 17.7. The van der Waals surface area contributed by atoms with E-state index >= 15 is 0 Å². The molecule has 3 heterocycles. The summed E-state index contributed by atoms with van der Waals surface area (Å²) < 4.78 is 98.1. The zero-order valence-corrected chi connectivity index (χ0v) is 23.0. The summed E-state index contributed by atoms with van der Waals surface area (Å²) >= 11 is 0.992. The van der Waals surface area contributed by atoms with Crippen LogP contribution in [0.15, 0.2) is 47.8 Å². The van der Waals surface area contributed by atoms with Gasteiger partial charge >= 0.3 is 12.8 Å². The Morgan fingerprint density at radius 3 is 2.44 bits per heavy atom. The summed E-state index contributed by atoms with van der Waals surface area (Å²) in [5, 5.41) is 2.94. The van der Waals surface area contributed by atoms with Gasteiger partial charge in [-0.1, -0.05) is 18.3 Å². The largest absolute Gasteiger partial charge is 0.489 e. The van der Waals surface area contributed by atoms with Gasteiger partial charge in [-0.2, -0.15) is 22.0 Å². The average Bonchev–Trinajstić information content (AvgIpc) is 3.58. The summed E-state index contributed by atoms with van der Waals surface area (Å²) in [4.78, 5) is 26.7. The third kappa shape index (κ3) is 7.85. The quantitative estimate of drug-likeness (QED) is 0.317. The van der Waals surface area contributed by atoms with Crippen molar-refractivity contribution in [2.24, 2.45) is 0 Å². The Morgan fingerprint density at radius 1 is 1.15 bits per heavy atom. The molecule has 1 amide bonds. The average molecular weight is 622 g/mol. The minimum Gasteiger partial charge on any atom is -0.489 e. The second kappa shape index (κ2) is 12.6. The second-order valence-electron chi connectivity index (χ2n) is 8.83. The predicted molar refractivity (Wildman–Crippen MR) is 137 cm³/mol. The number of hydrogen-bond acceptors (Lipinski definition) is 10. The van der Waals surface area contributed by atoms with Crippen LogP contribution >= 0.6 is 11.3 Å². The fourth-order valence-corrected chi connectivity index (χ4v) is 5.63. The predicted octanol–water partition coefficient (Wildman–Crippen LogP) is 3.94. The van der Waals surface area contributed by atoms with Gasteiger partial charge in [-0.15, -0.1) is 0 Å². The molecular formula is C24H24F5N5O5S2. The highest BCUT2D eigenvalue weighted by molar-refractivity contribution is 7.91. The molecule has 1 aliphatic heterocycles.